The highest BCUT2D eigenvalue weighted by Gasteiger charge is 2.22. The van der Waals surface area contributed by atoms with Crippen molar-refractivity contribution in [3.05, 3.63) is 59.9 Å². The first-order chi connectivity index (χ1) is 16.0. The maximum Gasteiger partial charge on any atom is 0.221 e. The molecule has 5 rings (SSSR count). The fourth-order valence-corrected chi connectivity index (χ4v) is 4.43. The number of anilines is 2. The van der Waals surface area contributed by atoms with Crippen molar-refractivity contribution < 1.29 is 13.6 Å². The number of aromatic nitrogens is 3. The number of halogens is 2. The van der Waals surface area contributed by atoms with Gasteiger partial charge in [-0.15, -0.1) is 0 Å². The van der Waals surface area contributed by atoms with Gasteiger partial charge in [-0.1, -0.05) is 12.1 Å². The van der Waals surface area contributed by atoms with Crippen LogP contribution < -0.4 is 10.2 Å². The van der Waals surface area contributed by atoms with E-state index in [0.717, 1.165) is 71.7 Å². The molecule has 1 saturated heterocycles. The SMILES string of the molecule is CC(=O)Nc1cccc2[nH]c3c(N4CCN(CCc5ccc(F)c(F)c5)CC4)ncnc3c12. The highest BCUT2D eigenvalue weighted by Crippen LogP contribution is 2.34. The van der Waals surface area contributed by atoms with Crippen molar-refractivity contribution >= 4 is 39.3 Å². The molecule has 0 unspecified atom stereocenters. The van der Waals surface area contributed by atoms with E-state index in [4.69, 9.17) is 0 Å². The Bertz CT molecular complexity index is 1330. The molecule has 170 valence electrons. The van der Waals surface area contributed by atoms with E-state index in [0.29, 0.717) is 6.42 Å². The molecule has 1 amide bonds. The van der Waals surface area contributed by atoms with Gasteiger partial charge < -0.3 is 15.2 Å². The van der Waals surface area contributed by atoms with Gasteiger partial charge in [0.05, 0.1) is 11.2 Å². The van der Waals surface area contributed by atoms with Gasteiger partial charge in [-0.2, -0.15) is 0 Å². The first-order valence-electron chi connectivity index (χ1n) is 10.9. The molecule has 7 nitrogen and oxygen atoms in total. The number of aromatic amines is 1. The van der Waals surface area contributed by atoms with Crippen molar-refractivity contribution in [2.45, 2.75) is 13.3 Å². The average Bonchev–Trinajstić information content (AvgIpc) is 3.20. The van der Waals surface area contributed by atoms with Gasteiger partial charge in [0.1, 0.15) is 17.4 Å². The lowest BCUT2D eigenvalue weighted by Crippen LogP contribution is -2.47. The van der Waals surface area contributed by atoms with Gasteiger partial charge in [0.2, 0.25) is 5.91 Å². The zero-order valence-corrected chi connectivity index (χ0v) is 18.2. The van der Waals surface area contributed by atoms with Crippen LogP contribution in [-0.2, 0) is 11.2 Å². The summed E-state index contributed by atoms with van der Waals surface area (Å²) >= 11 is 0. The van der Waals surface area contributed by atoms with Gasteiger partial charge >= 0.3 is 0 Å². The predicted molar refractivity (Wildman–Crippen MR) is 124 cm³/mol. The van der Waals surface area contributed by atoms with Gasteiger partial charge in [0.25, 0.3) is 0 Å². The average molecular weight is 450 g/mol. The third-order valence-electron chi connectivity index (χ3n) is 6.07. The summed E-state index contributed by atoms with van der Waals surface area (Å²) in [4.78, 5) is 28.7. The number of hydrogen-bond acceptors (Lipinski definition) is 5. The van der Waals surface area contributed by atoms with Gasteiger partial charge in [0, 0.05) is 45.0 Å². The van der Waals surface area contributed by atoms with Crippen LogP contribution in [0.2, 0.25) is 0 Å². The van der Waals surface area contributed by atoms with E-state index in [1.165, 1.54) is 19.1 Å². The summed E-state index contributed by atoms with van der Waals surface area (Å²) in [5, 5.41) is 3.75. The molecule has 0 saturated carbocycles. The van der Waals surface area contributed by atoms with Crippen LogP contribution in [0.3, 0.4) is 0 Å². The van der Waals surface area contributed by atoms with Crippen LogP contribution in [0.15, 0.2) is 42.7 Å². The summed E-state index contributed by atoms with van der Waals surface area (Å²) in [5.41, 5.74) is 4.03. The first kappa shape index (κ1) is 21.3. The second-order valence-electron chi connectivity index (χ2n) is 8.28. The number of nitrogens with one attached hydrogen (secondary N) is 2. The van der Waals surface area contributed by atoms with Crippen LogP contribution in [0.25, 0.3) is 21.9 Å². The lowest BCUT2D eigenvalue weighted by atomic mass is 10.1. The first-order valence-corrected chi connectivity index (χ1v) is 10.9. The standard InChI is InChI=1S/C24H24F2N6O/c1-15(33)29-19-3-2-4-20-21(19)22-23(30-20)24(28-14-27-22)32-11-9-31(10-12-32)8-7-16-5-6-17(25)18(26)13-16/h2-6,13-14,30H,7-12H2,1H3,(H,29,33). The number of carbonyl (C=O) groups excluding carboxylic acids is 1. The number of H-pyrrole nitrogens is 1. The zero-order chi connectivity index (χ0) is 22.9. The van der Waals surface area contributed by atoms with Crippen LogP contribution in [0.4, 0.5) is 20.3 Å². The van der Waals surface area contributed by atoms with E-state index in [1.807, 2.05) is 18.2 Å². The Morgan fingerprint density at radius 2 is 1.91 bits per heavy atom. The minimum Gasteiger partial charge on any atom is -0.352 e. The topological polar surface area (TPSA) is 77.2 Å². The summed E-state index contributed by atoms with van der Waals surface area (Å²) in [6, 6.07) is 9.81. The molecule has 2 N–H and O–H groups in total. The van der Waals surface area contributed by atoms with Crippen LogP contribution in [-0.4, -0.2) is 58.5 Å². The highest BCUT2D eigenvalue weighted by atomic mass is 19.2. The van der Waals surface area contributed by atoms with E-state index in [2.05, 4.69) is 30.1 Å². The second kappa shape index (κ2) is 8.74. The third-order valence-corrected chi connectivity index (χ3v) is 6.07. The second-order valence-corrected chi connectivity index (χ2v) is 8.28. The quantitative estimate of drug-likeness (QED) is 0.485. The summed E-state index contributed by atoms with van der Waals surface area (Å²) in [6.45, 7) is 5.53. The van der Waals surface area contributed by atoms with Crippen LogP contribution >= 0.6 is 0 Å². The van der Waals surface area contributed by atoms with E-state index < -0.39 is 11.6 Å². The lowest BCUT2D eigenvalue weighted by molar-refractivity contribution is -0.114. The van der Waals surface area contributed by atoms with E-state index in [9.17, 15) is 13.6 Å². The molecule has 4 aromatic rings. The molecule has 1 fully saturated rings. The molecule has 3 heterocycles. The molecule has 0 spiro atoms. The Balaban J connectivity index is 1.32. The minimum atomic E-state index is -0.815. The lowest BCUT2D eigenvalue weighted by Gasteiger charge is -2.35. The number of hydrogen-bond donors (Lipinski definition) is 2. The summed E-state index contributed by atoms with van der Waals surface area (Å²) < 4.78 is 26.6. The molecule has 0 aliphatic carbocycles. The summed E-state index contributed by atoms with van der Waals surface area (Å²) in [7, 11) is 0. The van der Waals surface area contributed by atoms with Gasteiger partial charge in [0.15, 0.2) is 17.5 Å². The fraction of sp³-hybridized carbons (Fsp3) is 0.292. The van der Waals surface area contributed by atoms with Gasteiger partial charge in [-0.25, -0.2) is 18.7 Å². The van der Waals surface area contributed by atoms with Crippen LogP contribution in [0, 0.1) is 11.6 Å². The van der Waals surface area contributed by atoms with Crippen LogP contribution in [0.5, 0.6) is 0 Å². The van der Waals surface area contributed by atoms with Crippen molar-refractivity contribution in [1.29, 1.82) is 0 Å². The van der Waals surface area contributed by atoms with Crippen molar-refractivity contribution in [3.8, 4) is 0 Å². The monoisotopic (exact) mass is 450 g/mol. The number of carbonyl (C=O) groups is 1. The maximum absolute atomic E-state index is 13.4. The fourth-order valence-electron chi connectivity index (χ4n) is 4.43. The van der Waals surface area contributed by atoms with E-state index in [-0.39, 0.29) is 5.91 Å². The Kier molecular flexibility index (Phi) is 5.63. The van der Waals surface area contributed by atoms with Crippen molar-refractivity contribution in [2.75, 3.05) is 42.9 Å². The maximum atomic E-state index is 13.4. The molecule has 33 heavy (non-hydrogen) atoms. The molecule has 0 bridgehead atoms. The van der Waals surface area contributed by atoms with E-state index in [1.54, 1.807) is 12.4 Å². The van der Waals surface area contributed by atoms with E-state index >= 15 is 0 Å². The molecule has 0 atom stereocenters. The molecule has 1 aliphatic heterocycles. The molecule has 2 aromatic heterocycles. The molecule has 1 aliphatic rings. The number of piperazine rings is 1. The summed E-state index contributed by atoms with van der Waals surface area (Å²) in [5.74, 6) is -0.911. The Morgan fingerprint density at radius 3 is 2.67 bits per heavy atom. The number of rotatable bonds is 5. The molecule has 9 heteroatoms. The Morgan fingerprint density at radius 1 is 1.09 bits per heavy atom. The number of fused-ring (bicyclic) bond motifs is 3. The van der Waals surface area contributed by atoms with Gasteiger partial charge in [-0.05, 0) is 36.2 Å². The molecule has 2 aromatic carbocycles. The van der Waals surface area contributed by atoms with Crippen molar-refractivity contribution in [3.63, 3.8) is 0 Å². The van der Waals surface area contributed by atoms with Gasteiger partial charge in [-0.3, -0.25) is 9.69 Å². The molecular formula is C24H24F2N6O. The minimum absolute atomic E-state index is 0.134. The van der Waals surface area contributed by atoms with Crippen molar-refractivity contribution in [2.24, 2.45) is 0 Å². The smallest absolute Gasteiger partial charge is 0.221 e. The third kappa shape index (κ3) is 4.23. The number of nitrogens with zero attached hydrogens (tertiary/aromatic N) is 4. The molecule has 0 radical (unpaired) electrons. The highest BCUT2D eigenvalue weighted by molar-refractivity contribution is 6.15. The van der Waals surface area contributed by atoms with Crippen LogP contribution in [0.1, 0.15) is 12.5 Å². The Labute approximate surface area is 189 Å². The largest absolute Gasteiger partial charge is 0.352 e. The number of amides is 1. The predicted octanol–water partition coefficient (Wildman–Crippen LogP) is 3.71. The summed E-state index contributed by atoms with van der Waals surface area (Å²) in [6.07, 6.45) is 2.23. The number of benzene rings is 2. The molecular weight excluding hydrogens is 426 g/mol. The Hall–Kier alpha value is -3.59. The van der Waals surface area contributed by atoms with Crippen molar-refractivity contribution in [1.82, 2.24) is 19.9 Å². The normalized spacial score (nSPS) is 14.8. The zero-order valence-electron chi connectivity index (χ0n) is 18.2.